The van der Waals surface area contributed by atoms with Gasteiger partial charge in [0.1, 0.15) is 5.75 Å². The summed E-state index contributed by atoms with van der Waals surface area (Å²) in [4.78, 5) is 2.54. The number of benzene rings is 1. The second kappa shape index (κ2) is 7.51. The van der Waals surface area contributed by atoms with Gasteiger partial charge in [-0.25, -0.2) is 0 Å². The molecule has 1 aliphatic rings. The Morgan fingerprint density at radius 3 is 3.05 bits per heavy atom. The van der Waals surface area contributed by atoms with Gasteiger partial charge in [0, 0.05) is 17.6 Å². The molecule has 0 radical (unpaired) electrons. The zero-order valence-corrected chi connectivity index (χ0v) is 13.7. The minimum atomic E-state index is 0.668. The summed E-state index contributed by atoms with van der Waals surface area (Å²) in [6.07, 6.45) is 3.77. The summed E-state index contributed by atoms with van der Waals surface area (Å²) < 4.78 is 6.71. The smallest absolute Gasteiger partial charge is 0.137 e. The van der Waals surface area contributed by atoms with E-state index < -0.39 is 0 Å². The van der Waals surface area contributed by atoms with Crippen molar-refractivity contribution < 1.29 is 4.74 Å². The summed E-state index contributed by atoms with van der Waals surface area (Å²) in [5.41, 5.74) is 0. The van der Waals surface area contributed by atoms with Crippen LogP contribution in [0.2, 0.25) is 5.02 Å². The second-order valence-electron chi connectivity index (χ2n) is 5.32. The minimum Gasteiger partial charge on any atom is -0.492 e. The lowest BCUT2D eigenvalue weighted by Gasteiger charge is -2.30. The third-order valence-electron chi connectivity index (χ3n) is 3.51. The number of ether oxygens (including phenoxy) is 1. The topological polar surface area (TPSA) is 12.5 Å². The third kappa shape index (κ3) is 4.97. The molecule has 1 atom stereocenters. The molecule has 4 heteroatoms. The Labute approximate surface area is 129 Å². The zero-order valence-electron chi connectivity index (χ0n) is 11.4. The summed E-state index contributed by atoms with van der Waals surface area (Å²) in [6.45, 7) is 6.66. The van der Waals surface area contributed by atoms with Crippen LogP contribution in [0.4, 0.5) is 0 Å². The summed E-state index contributed by atoms with van der Waals surface area (Å²) in [6, 6.07) is 5.73. The normalized spacial score (nSPS) is 20.5. The summed E-state index contributed by atoms with van der Waals surface area (Å²) >= 11 is 9.50. The van der Waals surface area contributed by atoms with Crippen molar-refractivity contribution in [3.8, 4) is 5.75 Å². The minimum absolute atomic E-state index is 0.668. The first kappa shape index (κ1) is 15.1. The van der Waals surface area contributed by atoms with Crippen molar-refractivity contribution in [3.05, 3.63) is 27.7 Å². The molecule has 0 N–H and O–H groups in total. The molecule has 106 valence electrons. The van der Waals surface area contributed by atoms with E-state index >= 15 is 0 Å². The molecule has 1 aromatic carbocycles. The number of rotatable bonds is 5. The van der Waals surface area contributed by atoms with E-state index in [1.807, 2.05) is 18.2 Å². The molecule has 1 aliphatic heterocycles. The third-order valence-corrected chi connectivity index (χ3v) is 4.30. The highest BCUT2D eigenvalue weighted by Crippen LogP contribution is 2.27. The van der Waals surface area contributed by atoms with Crippen LogP contribution in [-0.4, -0.2) is 31.1 Å². The maximum Gasteiger partial charge on any atom is 0.137 e. The van der Waals surface area contributed by atoms with Crippen molar-refractivity contribution in [2.75, 3.05) is 26.2 Å². The van der Waals surface area contributed by atoms with Crippen LogP contribution < -0.4 is 4.74 Å². The summed E-state index contributed by atoms with van der Waals surface area (Å²) in [5.74, 6) is 1.62. The molecule has 0 amide bonds. The highest BCUT2D eigenvalue weighted by atomic mass is 79.9. The van der Waals surface area contributed by atoms with Gasteiger partial charge in [-0.2, -0.15) is 0 Å². The van der Waals surface area contributed by atoms with E-state index in [0.717, 1.165) is 35.7 Å². The Bertz CT molecular complexity index is 413. The van der Waals surface area contributed by atoms with Crippen molar-refractivity contribution in [1.82, 2.24) is 4.90 Å². The predicted octanol–water partition coefficient (Wildman–Crippen LogP) is 4.60. The molecular formula is C15H21BrClNO. The fourth-order valence-corrected chi connectivity index (χ4v) is 3.28. The number of likely N-dealkylation sites (tertiary alicyclic amines) is 1. The molecule has 2 rings (SSSR count). The van der Waals surface area contributed by atoms with Crippen LogP contribution in [0.5, 0.6) is 5.75 Å². The van der Waals surface area contributed by atoms with Crippen molar-refractivity contribution in [2.45, 2.75) is 26.2 Å². The van der Waals surface area contributed by atoms with Crippen LogP contribution >= 0.6 is 27.5 Å². The zero-order chi connectivity index (χ0) is 13.7. The van der Waals surface area contributed by atoms with Crippen LogP contribution in [0.1, 0.15) is 26.2 Å². The van der Waals surface area contributed by atoms with Gasteiger partial charge < -0.3 is 9.64 Å². The van der Waals surface area contributed by atoms with Gasteiger partial charge in [0.2, 0.25) is 0 Å². The highest BCUT2D eigenvalue weighted by molar-refractivity contribution is 9.10. The van der Waals surface area contributed by atoms with Gasteiger partial charge in [0.15, 0.2) is 0 Å². The Balaban J connectivity index is 1.69. The van der Waals surface area contributed by atoms with Crippen LogP contribution in [0, 0.1) is 5.92 Å². The van der Waals surface area contributed by atoms with Gasteiger partial charge in [0.25, 0.3) is 0 Å². The van der Waals surface area contributed by atoms with Crippen molar-refractivity contribution in [1.29, 1.82) is 0 Å². The SMILES string of the molecule is C[C@H]1CCCN(CCCOc2ccc(Br)cc2Cl)C1. The van der Waals surface area contributed by atoms with Crippen LogP contribution in [0.25, 0.3) is 0 Å². The fourth-order valence-electron chi connectivity index (χ4n) is 2.55. The predicted molar refractivity (Wildman–Crippen MR) is 84.1 cm³/mol. The Morgan fingerprint density at radius 1 is 1.47 bits per heavy atom. The Hall–Kier alpha value is -0.250. The van der Waals surface area contributed by atoms with Crippen molar-refractivity contribution >= 4 is 27.5 Å². The van der Waals surface area contributed by atoms with E-state index in [9.17, 15) is 0 Å². The molecule has 0 aromatic heterocycles. The fraction of sp³-hybridized carbons (Fsp3) is 0.600. The molecule has 0 unspecified atom stereocenters. The first-order valence-electron chi connectivity index (χ1n) is 6.95. The van der Waals surface area contributed by atoms with E-state index in [0.29, 0.717) is 5.02 Å². The van der Waals surface area contributed by atoms with Crippen LogP contribution in [0.15, 0.2) is 22.7 Å². The molecule has 2 nitrogen and oxygen atoms in total. The quantitative estimate of drug-likeness (QED) is 0.722. The molecule has 0 saturated carbocycles. The van der Waals surface area contributed by atoms with Gasteiger partial charge in [-0.3, -0.25) is 0 Å². The lowest BCUT2D eigenvalue weighted by molar-refractivity contribution is 0.170. The van der Waals surface area contributed by atoms with Gasteiger partial charge >= 0.3 is 0 Å². The first-order chi connectivity index (χ1) is 9.15. The summed E-state index contributed by atoms with van der Waals surface area (Å²) in [5, 5.41) is 0.668. The Morgan fingerprint density at radius 2 is 2.32 bits per heavy atom. The molecule has 0 spiro atoms. The lowest BCUT2D eigenvalue weighted by Crippen LogP contribution is -2.35. The largest absolute Gasteiger partial charge is 0.492 e. The van der Waals surface area contributed by atoms with E-state index in [1.54, 1.807) is 0 Å². The van der Waals surface area contributed by atoms with Gasteiger partial charge in [-0.1, -0.05) is 34.5 Å². The maximum atomic E-state index is 6.11. The summed E-state index contributed by atoms with van der Waals surface area (Å²) in [7, 11) is 0. The number of halogens is 2. The average Bonchev–Trinajstić information content (AvgIpc) is 2.37. The van der Waals surface area contributed by atoms with Crippen molar-refractivity contribution in [3.63, 3.8) is 0 Å². The molecule has 1 aromatic rings. The van der Waals surface area contributed by atoms with Crippen LogP contribution in [-0.2, 0) is 0 Å². The molecule has 1 fully saturated rings. The maximum absolute atomic E-state index is 6.11. The Kier molecular flexibility index (Phi) is 5.99. The number of hydrogen-bond acceptors (Lipinski definition) is 2. The monoisotopic (exact) mass is 345 g/mol. The van der Waals surface area contributed by atoms with Crippen molar-refractivity contribution in [2.24, 2.45) is 5.92 Å². The average molecular weight is 347 g/mol. The van der Waals surface area contributed by atoms with E-state index in [1.165, 1.54) is 25.9 Å². The number of piperidine rings is 1. The highest BCUT2D eigenvalue weighted by Gasteiger charge is 2.15. The van der Waals surface area contributed by atoms with E-state index in [4.69, 9.17) is 16.3 Å². The molecule has 1 saturated heterocycles. The lowest BCUT2D eigenvalue weighted by atomic mass is 10.0. The van der Waals surface area contributed by atoms with E-state index in [2.05, 4.69) is 27.8 Å². The molecule has 0 bridgehead atoms. The van der Waals surface area contributed by atoms with Gasteiger partial charge in [0.05, 0.1) is 11.6 Å². The number of nitrogens with zero attached hydrogens (tertiary/aromatic N) is 1. The van der Waals surface area contributed by atoms with Gasteiger partial charge in [-0.15, -0.1) is 0 Å². The van der Waals surface area contributed by atoms with Crippen LogP contribution in [0.3, 0.4) is 0 Å². The van der Waals surface area contributed by atoms with Gasteiger partial charge in [-0.05, 0) is 49.9 Å². The molecule has 0 aliphatic carbocycles. The van der Waals surface area contributed by atoms with E-state index in [-0.39, 0.29) is 0 Å². The molecular weight excluding hydrogens is 326 g/mol. The standard InChI is InChI=1S/C15H21BrClNO/c1-12-4-2-7-18(11-12)8-3-9-19-15-6-5-13(16)10-14(15)17/h5-6,10,12H,2-4,7-9,11H2,1H3/t12-/m0/s1. The molecule has 1 heterocycles. The number of hydrogen-bond donors (Lipinski definition) is 0. The first-order valence-corrected chi connectivity index (χ1v) is 8.12. The second-order valence-corrected chi connectivity index (χ2v) is 6.65. The molecule has 19 heavy (non-hydrogen) atoms.